The third kappa shape index (κ3) is 5.99. The fourth-order valence-electron chi connectivity index (χ4n) is 3.71. The summed E-state index contributed by atoms with van der Waals surface area (Å²) in [7, 11) is -3.45. The van der Waals surface area contributed by atoms with Crippen molar-refractivity contribution in [1.29, 1.82) is 0 Å². The number of hydrogen-bond donors (Lipinski definition) is 1. The van der Waals surface area contributed by atoms with Gasteiger partial charge in [-0.25, -0.2) is 8.42 Å². The van der Waals surface area contributed by atoms with Crippen LogP contribution < -0.4 is 15.4 Å². The number of hydrogen-bond acceptors (Lipinski definition) is 9. The molecule has 2 N–H and O–H groups in total. The summed E-state index contributed by atoms with van der Waals surface area (Å²) in [5.41, 5.74) is 5.70. The molecule has 0 bridgehead atoms. The molecule has 1 aliphatic rings. The largest absolute Gasteiger partial charge is 0.466 e. The first-order valence-corrected chi connectivity index (χ1v) is 12.3. The van der Waals surface area contributed by atoms with E-state index >= 15 is 0 Å². The number of carbonyl (C=O) groups excluding carboxylic acids is 1. The first kappa shape index (κ1) is 24.5. The van der Waals surface area contributed by atoms with Gasteiger partial charge in [0, 0.05) is 31.8 Å². The van der Waals surface area contributed by atoms with Crippen LogP contribution in [0.5, 0.6) is 11.5 Å². The number of sulfone groups is 1. The van der Waals surface area contributed by atoms with Gasteiger partial charge in [0.25, 0.3) is 5.69 Å². The van der Waals surface area contributed by atoms with E-state index in [0.717, 1.165) is 0 Å². The second-order valence-corrected chi connectivity index (χ2v) is 9.71. The summed E-state index contributed by atoms with van der Waals surface area (Å²) in [4.78, 5) is 25.1. The Morgan fingerprint density at radius 2 is 1.79 bits per heavy atom. The van der Waals surface area contributed by atoms with Crippen LogP contribution in [0.4, 0.5) is 11.4 Å². The van der Waals surface area contributed by atoms with E-state index in [-0.39, 0.29) is 34.8 Å². The van der Waals surface area contributed by atoms with Crippen molar-refractivity contribution in [1.82, 2.24) is 0 Å². The van der Waals surface area contributed by atoms with Crippen LogP contribution in [0.2, 0.25) is 0 Å². The summed E-state index contributed by atoms with van der Waals surface area (Å²) in [5.74, 6) is 0.170. The van der Waals surface area contributed by atoms with Gasteiger partial charge in [-0.15, -0.1) is 0 Å². The Morgan fingerprint density at radius 3 is 2.36 bits per heavy atom. The van der Waals surface area contributed by atoms with Gasteiger partial charge in [0.2, 0.25) is 0 Å². The highest BCUT2D eigenvalue weighted by Gasteiger charge is 2.29. The molecule has 2 aromatic carbocycles. The van der Waals surface area contributed by atoms with Gasteiger partial charge in [-0.2, -0.15) is 0 Å². The standard InChI is InChI=1S/C22H27N3O7S/c1-2-31-22(26)16-9-12-24(13-10-16)21-15-18(5-8-20(21)25(27)28)32-17-3-6-19(7-4-17)33(29,30)14-11-23/h3-8,15-16H,2,9-14,23H2,1H3. The van der Waals surface area contributed by atoms with Crippen molar-refractivity contribution in [3.05, 3.63) is 52.6 Å². The Kier molecular flexibility index (Phi) is 7.88. The third-order valence-corrected chi connectivity index (χ3v) is 7.17. The first-order chi connectivity index (χ1) is 15.7. The van der Waals surface area contributed by atoms with Gasteiger partial charge in [-0.3, -0.25) is 14.9 Å². The van der Waals surface area contributed by atoms with Gasteiger partial charge in [0.1, 0.15) is 17.2 Å². The molecule has 0 aliphatic carbocycles. The molecule has 0 amide bonds. The number of esters is 1. The zero-order valence-electron chi connectivity index (χ0n) is 18.3. The lowest BCUT2D eigenvalue weighted by Gasteiger charge is -2.32. The zero-order valence-corrected chi connectivity index (χ0v) is 19.1. The number of nitro groups is 1. The van der Waals surface area contributed by atoms with Gasteiger partial charge >= 0.3 is 5.97 Å². The number of ether oxygens (including phenoxy) is 2. The second kappa shape index (κ2) is 10.6. The molecule has 10 nitrogen and oxygen atoms in total. The molecule has 0 radical (unpaired) electrons. The van der Waals surface area contributed by atoms with Crippen molar-refractivity contribution in [3.63, 3.8) is 0 Å². The maximum Gasteiger partial charge on any atom is 0.309 e. The molecule has 178 valence electrons. The van der Waals surface area contributed by atoms with Crippen molar-refractivity contribution < 1.29 is 27.6 Å². The molecule has 11 heteroatoms. The van der Waals surface area contributed by atoms with E-state index in [2.05, 4.69) is 0 Å². The van der Waals surface area contributed by atoms with Crippen LogP contribution in [0, 0.1) is 16.0 Å². The minimum absolute atomic E-state index is 0.0309. The number of nitro benzene ring substituents is 1. The van der Waals surface area contributed by atoms with Gasteiger partial charge in [0.15, 0.2) is 9.84 Å². The maximum atomic E-state index is 12.1. The fraction of sp³-hybridized carbons (Fsp3) is 0.409. The van der Waals surface area contributed by atoms with Crippen LogP contribution in [0.25, 0.3) is 0 Å². The summed E-state index contributed by atoms with van der Waals surface area (Å²) in [6, 6.07) is 10.4. The molecule has 1 saturated heterocycles. The molecule has 0 saturated carbocycles. The van der Waals surface area contributed by atoms with E-state index in [1.807, 2.05) is 4.90 Å². The van der Waals surface area contributed by atoms with E-state index in [0.29, 0.717) is 49.7 Å². The minimum atomic E-state index is -3.45. The van der Waals surface area contributed by atoms with Crippen molar-refractivity contribution in [2.45, 2.75) is 24.7 Å². The average molecular weight is 478 g/mol. The molecule has 0 atom stereocenters. The van der Waals surface area contributed by atoms with Gasteiger partial charge in [0.05, 0.1) is 28.1 Å². The number of anilines is 1. The number of rotatable bonds is 9. The molecular formula is C22H27N3O7S. The zero-order chi connectivity index (χ0) is 24.0. The quantitative estimate of drug-likeness (QED) is 0.328. The number of nitrogens with zero attached hydrogens (tertiary/aromatic N) is 2. The van der Waals surface area contributed by atoms with Crippen molar-refractivity contribution in [2.75, 3.05) is 36.9 Å². The van der Waals surface area contributed by atoms with Crippen LogP contribution in [0.15, 0.2) is 47.4 Å². The van der Waals surface area contributed by atoms with Gasteiger partial charge < -0.3 is 20.1 Å². The lowest BCUT2D eigenvalue weighted by Crippen LogP contribution is -2.37. The lowest BCUT2D eigenvalue weighted by atomic mass is 9.96. The lowest BCUT2D eigenvalue weighted by molar-refractivity contribution is -0.384. The summed E-state index contributed by atoms with van der Waals surface area (Å²) in [6.07, 6.45) is 1.08. The van der Waals surface area contributed by atoms with Gasteiger partial charge in [-0.1, -0.05) is 0 Å². The van der Waals surface area contributed by atoms with Crippen LogP contribution in [-0.2, 0) is 19.4 Å². The fourth-order valence-corrected chi connectivity index (χ4v) is 4.81. The Morgan fingerprint density at radius 1 is 1.15 bits per heavy atom. The summed E-state index contributed by atoms with van der Waals surface area (Å²) in [6.45, 7) is 3.06. The predicted molar refractivity (Wildman–Crippen MR) is 122 cm³/mol. The monoisotopic (exact) mass is 477 g/mol. The highest BCUT2D eigenvalue weighted by molar-refractivity contribution is 7.91. The van der Waals surface area contributed by atoms with E-state index in [1.54, 1.807) is 13.0 Å². The second-order valence-electron chi connectivity index (χ2n) is 7.60. The molecule has 33 heavy (non-hydrogen) atoms. The molecule has 0 spiro atoms. The van der Waals surface area contributed by atoms with Gasteiger partial charge in [-0.05, 0) is 50.1 Å². The number of benzene rings is 2. The number of carbonyl (C=O) groups is 1. The molecule has 1 fully saturated rings. The maximum absolute atomic E-state index is 12.1. The van der Waals surface area contributed by atoms with E-state index in [9.17, 15) is 23.3 Å². The molecule has 0 aromatic heterocycles. The summed E-state index contributed by atoms with van der Waals surface area (Å²) < 4.78 is 35.1. The Balaban J connectivity index is 1.77. The van der Waals surface area contributed by atoms with Crippen LogP contribution in [0.3, 0.4) is 0 Å². The third-order valence-electron chi connectivity index (χ3n) is 5.40. The Hall–Kier alpha value is -3.18. The topological polar surface area (TPSA) is 142 Å². The van der Waals surface area contributed by atoms with Crippen LogP contribution >= 0.6 is 0 Å². The Labute approximate surface area is 192 Å². The average Bonchev–Trinajstić information content (AvgIpc) is 2.79. The molecular weight excluding hydrogens is 450 g/mol. The minimum Gasteiger partial charge on any atom is -0.466 e. The molecule has 2 aromatic rings. The van der Waals surface area contributed by atoms with E-state index in [4.69, 9.17) is 15.2 Å². The SMILES string of the molecule is CCOC(=O)C1CCN(c2cc(Oc3ccc(S(=O)(=O)CCN)cc3)ccc2[N+](=O)[O-])CC1. The smallest absolute Gasteiger partial charge is 0.309 e. The Bertz CT molecular complexity index is 1100. The molecule has 1 aliphatic heterocycles. The van der Waals surface area contributed by atoms with E-state index < -0.39 is 14.8 Å². The highest BCUT2D eigenvalue weighted by Crippen LogP contribution is 2.36. The molecule has 3 rings (SSSR count). The normalized spacial score (nSPS) is 14.7. The van der Waals surface area contributed by atoms with E-state index in [1.165, 1.54) is 36.4 Å². The van der Waals surface area contributed by atoms with Crippen LogP contribution in [0.1, 0.15) is 19.8 Å². The summed E-state index contributed by atoms with van der Waals surface area (Å²) >= 11 is 0. The van der Waals surface area contributed by atoms with Crippen molar-refractivity contribution >= 4 is 27.2 Å². The molecule has 1 heterocycles. The van der Waals surface area contributed by atoms with Crippen molar-refractivity contribution in [2.24, 2.45) is 11.7 Å². The number of piperidine rings is 1. The van der Waals surface area contributed by atoms with Crippen LogP contribution in [-0.4, -0.2) is 51.3 Å². The van der Waals surface area contributed by atoms with Crippen molar-refractivity contribution in [3.8, 4) is 11.5 Å². The summed E-state index contributed by atoms with van der Waals surface area (Å²) in [5, 5.41) is 11.6. The predicted octanol–water partition coefficient (Wildman–Crippen LogP) is 2.90. The number of nitrogens with two attached hydrogens (primary N) is 1. The molecule has 0 unspecified atom stereocenters. The first-order valence-electron chi connectivity index (χ1n) is 10.7. The highest BCUT2D eigenvalue weighted by atomic mass is 32.2.